The molecule has 1 fully saturated rings. The highest BCUT2D eigenvalue weighted by Gasteiger charge is 2.29. The molecule has 3 aromatic rings. The van der Waals surface area contributed by atoms with Crippen LogP contribution in [0.2, 0.25) is 0 Å². The SMILES string of the molecule is Cc1nc(C)c(-c2csc(Cc3ccc(C(=O)N4[C@H](C)CCC[C@@H]4C)cn3)n2)s1. The number of aryl methyl sites for hydroxylation is 2. The normalized spacial score (nSPS) is 19.5. The summed E-state index contributed by atoms with van der Waals surface area (Å²) in [6, 6.07) is 4.44. The van der Waals surface area contributed by atoms with E-state index in [4.69, 9.17) is 4.98 Å². The summed E-state index contributed by atoms with van der Waals surface area (Å²) in [5.41, 5.74) is 3.63. The minimum absolute atomic E-state index is 0.0938. The number of hydrogen-bond acceptors (Lipinski definition) is 6. The zero-order valence-electron chi connectivity index (χ0n) is 17.3. The van der Waals surface area contributed by atoms with Crippen LogP contribution in [0.15, 0.2) is 23.7 Å². The number of carbonyl (C=O) groups is 1. The van der Waals surface area contributed by atoms with Crippen LogP contribution in [0, 0.1) is 13.8 Å². The maximum atomic E-state index is 13.0. The molecule has 0 spiro atoms. The maximum Gasteiger partial charge on any atom is 0.255 e. The number of likely N-dealkylation sites (tertiary alicyclic amines) is 1. The van der Waals surface area contributed by atoms with Gasteiger partial charge in [0.05, 0.1) is 31.8 Å². The van der Waals surface area contributed by atoms with Gasteiger partial charge in [-0.1, -0.05) is 0 Å². The second kappa shape index (κ2) is 8.32. The first-order valence-corrected chi connectivity index (χ1v) is 11.8. The van der Waals surface area contributed by atoms with Crippen LogP contribution in [0.4, 0.5) is 0 Å². The van der Waals surface area contributed by atoms with Gasteiger partial charge in [0, 0.05) is 35.8 Å². The molecule has 0 bridgehead atoms. The molecule has 1 saturated heterocycles. The molecule has 3 aromatic heterocycles. The first-order valence-electron chi connectivity index (χ1n) is 10.1. The van der Waals surface area contributed by atoms with Crippen LogP contribution >= 0.6 is 22.7 Å². The standard InChI is InChI=1S/C22H26N4OS2/c1-13-6-5-7-14(2)26(13)22(27)17-8-9-18(23-11-17)10-20-25-19(12-28-20)21-15(3)24-16(4)29-21/h8-9,11-14H,5-7,10H2,1-4H3/t13-,14+. The molecule has 4 rings (SSSR count). The van der Waals surface area contributed by atoms with Gasteiger partial charge in [0.1, 0.15) is 0 Å². The zero-order valence-corrected chi connectivity index (χ0v) is 18.9. The van der Waals surface area contributed by atoms with Crippen LogP contribution in [0.25, 0.3) is 10.6 Å². The molecule has 0 unspecified atom stereocenters. The minimum Gasteiger partial charge on any atom is -0.333 e. The van der Waals surface area contributed by atoms with E-state index in [1.807, 2.05) is 30.9 Å². The lowest BCUT2D eigenvalue weighted by Crippen LogP contribution is -2.47. The van der Waals surface area contributed by atoms with Crippen LogP contribution in [0.3, 0.4) is 0 Å². The van der Waals surface area contributed by atoms with Gasteiger partial charge in [0.15, 0.2) is 0 Å². The van der Waals surface area contributed by atoms with Crippen molar-refractivity contribution in [1.29, 1.82) is 0 Å². The molecule has 2 atom stereocenters. The van der Waals surface area contributed by atoms with E-state index >= 15 is 0 Å². The number of nitrogens with zero attached hydrogens (tertiary/aromatic N) is 4. The summed E-state index contributed by atoms with van der Waals surface area (Å²) in [5.74, 6) is 0.0938. The quantitative estimate of drug-likeness (QED) is 0.570. The zero-order chi connectivity index (χ0) is 20.5. The van der Waals surface area contributed by atoms with Gasteiger partial charge >= 0.3 is 0 Å². The minimum atomic E-state index is 0.0938. The summed E-state index contributed by atoms with van der Waals surface area (Å²) < 4.78 is 0. The Kier molecular flexibility index (Phi) is 5.79. The van der Waals surface area contributed by atoms with Crippen LogP contribution in [-0.4, -0.2) is 37.8 Å². The van der Waals surface area contributed by atoms with E-state index in [2.05, 4.69) is 29.2 Å². The largest absolute Gasteiger partial charge is 0.333 e. The van der Waals surface area contributed by atoms with E-state index in [0.717, 1.165) is 44.8 Å². The Morgan fingerprint density at radius 2 is 1.93 bits per heavy atom. The summed E-state index contributed by atoms with van der Waals surface area (Å²) in [4.78, 5) is 29.9. The van der Waals surface area contributed by atoms with Crippen molar-refractivity contribution in [2.24, 2.45) is 0 Å². The number of thiazole rings is 2. The highest BCUT2D eigenvalue weighted by atomic mass is 32.1. The lowest BCUT2D eigenvalue weighted by molar-refractivity contribution is 0.0510. The molecule has 4 heterocycles. The van der Waals surface area contributed by atoms with E-state index in [1.165, 1.54) is 6.42 Å². The van der Waals surface area contributed by atoms with Crippen molar-refractivity contribution >= 4 is 28.6 Å². The van der Waals surface area contributed by atoms with Crippen molar-refractivity contribution in [1.82, 2.24) is 19.9 Å². The van der Waals surface area contributed by atoms with Gasteiger partial charge < -0.3 is 4.90 Å². The monoisotopic (exact) mass is 426 g/mol. The number of aromatic nitrogens is 3. The van der Waals surface area contributed by atoms with Gasteiger partial charge in [-0.25, -0.2) is 9.97 Å². The lowest BCUT2D eigenvalue weighted by atomic mass is 9.96. The summed E-state index contributed by atoms with van der Waals surface area (Å²) in [6.07, 6.45) is 5.74. The average Bonchev–Trinajstić information content (AvgIpc) is 3.27. The highest BCUT2D eigenvalue weighted by Crippen LogP contribution is 2.31. The van der Waals surface area contributed by atoms with Gasteiger partial charge in [-0.2, -0.15) is 0 Å². The third-order valence-electron chi connectivity index (χ3n) is 5.52. The molecule has 1 aliphatic heterocycles. The molecule has 0 aliphatic carbocycles. The number of amides is 1. The predicted octanol–water partition coefficient (Wildman–Crippen LogP) is 5.27. The van der Waals surface area contributed by atoms with Crippen LogP contribution < -0.4 is 0 Å². The highest BCUT2D eigenvalue weighted by molar-refractivity contribution is 7.15. The van der Waals surface area contributed by atoms with Gasteiger partial charge in [-0.05, 0) is 59.1 Å². The van der Waals surface area contributed by atoms with Gasteiger partial charge in [0.25, 0.3) is 5.91 Å². The fraction of sp³-hybridized carbons (Fsp3) is 0.455. The second-order valence-electron chi connectivity index (χ2n) is 7.83. The third-order valence-corrected chi connectivity index (χ3v) is 7.46. The van der Waals surface area contributed by atoms with E-state index in [9.17, 15) is 4.79 Å². The molecule has 5 nitrogen and oxygen atoms in total. The maximum absolute atomic E-state index is 13.0. The number of rotatable bonds is 4. The molecular formula is C22H26N4OS2. The Morgan fingerprint density at radius 3 is 2.55 bits per heavy atom. The number of pyridine rings is 1. The summed E-state index contributed by atoms with van der Waals surface area (Å²) in [5, 5.41) is 4.17. The molecule has 0 N–H and O–H groups in total. The Morgan fingerprint density at radius 1 is 1.17 bits per heavy atom. The average molecular weight is 427 g/mol. The predicted molar refractivity (Wildman–Crippen MR) is 119 cm³/mol. The summed E-state index contributed by atoms with van der Waals surface area (Å²) in [7, 11) is 0. The van der Waals surface area contributed by atoms with E-state index < -0.39 is 0 Å². The van der Waals surface area contributed by atoms with Gasteiger partial charge in [-0.15, -0.1) is 22.7 Å². The number of piperidine rings is 1. The van der Waals surface area contributed by atoms with Crippen molar-refractivity contribution < 1.29 is 4.79 Å². The van der Waals surface area contributed by atoms with E-state index in [-0.39, 0.29) is 5.91 Å². The van der Waals surface area contributed by atoms with Crippen molar-refractivity contribution in [3.63, 3.8) is 0 Å². The first-order chi connectivity index (χ1) is 13.9. The smallest absolute Gasteiger partial charge is 0.255 e. The molecule has 1 aliphatic rings. The second-order valence-corrected chi connectivity index (χ2v) is 9.98. The van der Waals surface area contributed by atoms with Crippen molar-refractivity contribution in [3.05, 3.63) is 50.7 Å². The molecule has 1 amide bonds. The lowest BCUT2D eigenvalue weighted by Gasteiger charge is -2.39. The Hall–Kier alpha value is -2.12. The van der Waals surface area contributed by atoms with Crippen LogP contribution in [0.1, 0.15) is 64.9 Å². The molecule has 152 valence electrons. The topological polar surface area (TPSA) is 59.0 Å². The molecule has 7 heteroatoms. The summed E-state index contributed by atoms with van der Waals surface area (Å²) in [6.45, 7) is 8.33. The van der Waals surface area contributed by atoms with Gasteiger partial charge in [-0.3, -0.25) is 9.78 Å². The Balaban J connectivity index is 1.46. The number of carbonyl (C=O) groups excluding carboxylic acids is 1. The molecular weight excluding hydrogens is 400 g/mol. The van der Waals surface area contributed by atoms with Crippen LogP contribution in [0.5, 0.6) is 0 Å². The van der Waals surface area contributed by atoms with Crippen molar-refractivity contribution in [2.75, 3.05) is 0 Å². The first kappa shape index (κ1) is 20.2. The van der Waals surface area contributed by atoms with E-state index in [1.54, 1.807) is 28.9 Å². The molecule has 0 radical (unpaired) electrons. The molecule has 0 aromatic carbocycles. The van der Waals surface area contributed by atoms with E-state index in [0.29, 0.717) is 24.1 Å². The Labute approximate surface area is 179 Å². The van der Waals surface area contributed by atoms with Crippen molar-refractivity contribution in [2.45, 2.75) is 65.5 Å². The van der Waals surface area contributed by atoms with Gasteiger partial charge in [0.2, 0.25) is 0 Å². The third kappa shape index (κ3) is 4.26. The fourth-order valence-electron chi connectivity index (χ4n) is 4.05. The van der Waals surface area contributed by atoms with Crippen molar-refractivity contribution in [3.8, 4) is 10.6 Å². The van der Waals surface area contributed by atoms with Crippen LogP contribution in [-0.2, 0) is 6.42 Å². The molecule has 29 heavy (non-hydrogen) atoms. The fourth-order valence-corrected chi connectivity index (χ4v) is 5.80. The molecule has 0 saturated carbocycles. The Bertz CT molecular complexity index is 998. The summed E-state index contributed by atoms with van der Waals surface area (Å²) >= 11 is 3.32. The number of hydrogen-bond donors (Lipinski definition) is 0.